The standard InChI is InChI=1S/C4H9.3HI.Sn/c1-4(2)3;;;;/h4H,1H2,2-3H3;3*1H;/q;;;;+3/p-3. The zero-order valence-electron chi connectivity index (χ0n) is 4.92. The predicted molar refractivity (Wildman–Crippen MR) is 67.5 cm³/mol. The molecule has 0 aromatic carbocycles. The molecule has 0 atom stereocenters. The molecule has 0 bridgehead atoms. The Morgan fingerprint density at radius 2 is 1.62 bits per heavy atom. The monoisotopic (exact) mass is 558 g/mol. The van der Waals surface area contributed by atoms with Crippen molar-refractivity contribution in [3.8, 4) is 0 Å². The molecule has 4 heteroatoms. The number of halogens is 3. The molecule has 0 saturated carbocycles. The molecule has 0 radical (unpaired) electrons. The minimum absolute atomic E-state index is 0.913. The fraction of sp³-hybridized carbons (Fsp3) is 1.00. The van der Waals surface area contributed by atoms with E-state index in [1.165, 1.54) is 4.44 Å². The van der Waals surface area contributed by atoms with Crippen LogP contribution in [-0.2, 0) is 0 Å². The van der Waals surface area contributed by atoms with Crippen molar-refractivity contribution in [2.75, 3.05) is 0 Å². The summed E-state index contributed by atoms with van der Waals surface area (Å²) in [6, 6.07) is 0. The van der Waals surface area contributed by atoms with Gasteiger partial charge in [0.25, 0.3) is 0 Å². The van der Waals surface area contributed by atoms with Gasteiger partial charge < -0.3 is 0 Å². The second kappa shape index (κ2) is 4.78. The zero-order valence-corrected chi connectivity index (χ0v) is 14.2. The van der Waals surface area contributed by atoms with E-state index in [1.54, 1.807) is 0 Å². The van der Waals surface area contributed by atoms with Crippen LogP contribution in [0.4, 0.5) is 0 Å². The summed E-state index contributed by atoms with van der Waals surface area (Å²) in [6.07, 6.45) is 0. The molecule has 0 saturated heterocycles. The van der Waals surface area contributed by atoms with Crippen molar-refractivity contribution in [2.45, 2.75) is 18.3 Å². The van der Waals surface area contributed by atoms with Crippen molar-refractivity contribution in [3.63, 3.8) is 0 Å². The topological polar surface area (TPSA) is 0 Å². The second-order valence-electron chi connectivity index (χ2n) is 2.21. The van der Waals surface area contributed by atoms with E-state index < -0.39 is 6.47 Å². The van der Waals surface area contributed by atoms with Gasteiger partial charge in [-0.25, -0.2) is 0 Å². The first-order chi connectivity index (χ1) is 3.42. The van der Waals surface area contributed by atoms with E-state index in [0.29, 0.717) is 0 Å². The van der Waals surface area contributed by atoms with Gasteiger partial charge in [-0.3, -0.25) is 0 Å². The molecular weight excluding hydrogens is 547 g/mol. The van der Waals surface area contributed by atoms with Crippen LogP contribution >= 0.6 is 55.9 Å². The molecule has 0 fully saturated rings. The maximum atomic E-state index is 2.68. The summed E-state index contributed by atoms with van der Waals surface area (Å²) in [5.74, 6) is 0.913. The Morgan fingerprint density at radius 1 is 1.25 bits per heavy atom. The van der Waals surface area contributed by atoms with E-state index in [1.807, 2.05) is 0 Å². The van der Waals surface area contributed by atoms with Crippen LogP contribution in [0.1, 0.15) is 13.8 Å². The van der Waals surface area contributed by atoms with Crippen LogP contribution in [0.25, 0.3) is 0 Å². The maximum absolute atomic E-state index is 2.68. The number of hydrogen-bond acceptors (Lipinski definition) is 0. The van der Waals surface area contributed by atoms with E-state index in [9.17, 15) is 0 Å². The molecule has 0 aliphatic carbocycles. The van der Waals surface area contributed by atoms with E-state index in [4.69, 9.17) is 0 Å². The fourth-order valence-electron chi connectivity index (χ4n) is 0.463. The van der Waals surface area contributed by atoms with E-state index in [2.05, 4.69) is 69.7 Å². The van der Waals surface area contributed by atoms with E-state index >= 15 is 0 Å². The van der Waals surface area contributed by atoms with Crippen LogP contribution in [0, 0.1) is 5.92 Å². The van der Waals surface area contributed by atoms with E-state index in [-0.39, 0.29) is 0 Å². The van der Waals surface area contributed by atoms with E-state index in [0.717, 1.165) is 5.92 Å². The second-order valence-corrected chi connectivity index (χ2v) is 85.5. The molecule has 0 rings (SSSR count). The van der Waals surface area contributed by atoms with Crippen LogP contribution in [-0.4, -0.2) is 6.47 Å². The summed E-state index contributed by atoms with van der Waals surface area (Å²) < 4.78 is 1.50. The van der Waals surface area contributed by atoms with Gasteiger partial charge in [0.2, 0.25) is 0 Å². The Balaban J connectivity index is 3.39. The first-order valence-corrected chi connectivity index (χ1v) is 29.4. The molecule has 8 heavy (non-hydrogen) atoms. The average Bonchev–Trinajstić information content (AvgIpc) is 1.21. The number of rotatable bonds is 2. The Hall–Kier alpha value is 2.99. The van der Waals surface area contributed by atoms with Crippen LogP contribution in [0.2, 0.25) is 4.44 Å². The summed E-state index contributed by atoms with van der Waals surface area (Å²) >= 11 is 8.03. The van der Waals surface area contributed by atoms with Gasteiger partial charge in [-0.05, 0) is 0 Å². The summed E-state index contributed by atoms with van der Waals surface area (Å²) in [5.41, 5.74) is 0. The minimum atomic E-state index is -1.45. The number of hydrogen-bond donors (Lipinski definition) is 0. The Morgan fingerprint density at radius 3 is 1.62 bits per heavy atom. The summed E-state index contributed by atoms with van der Waals surface area (Å²) in [5, 5.41) is 0. The van der Waals surface area contributed by atoms with Crippen molar-refractivity contribution in [3.05, 3.63) is 0 Å². The Labute approximate surface area is 84.4 Å². The molecule has 0 amide bonds. The first-order valence-electron chi connectivity index (χ1n) is 2.48. The van der Waals surface area contributed by atoms with Gasteiger partial charge in [0.15, 0.2) is 0 Å². The molecule has 0 heterocycles. The van der Waals surface area contributed by atoms with Gasteiger partial charge in [-0.1, -0.05) is 0 Å². The van der Waals surface area contributed by atoms with Crippen molar-refractivity contribution in [1.82, 2.24) is 0 Å². The SMILES string of the molecule is CC(C)[CH2][Sn]([I])([I])[I]. The Bertz CT molecular complexity index is 66.2. The normalized spacial score (nSPS) is 12.8. The van der Waals surface area contributed by atoms with Crippen molar-refractivity contribution < 1.29 is 0 Å². The van der Waals surface area contributed by atoms with Crippen LogP contribution in [0.3, 0.4) is 0 Å². The molecule has 0 aromatic rings. The van der Waals surface area contributed by atoms with Gasteiger partial charge in [0.05, 0.1) is 0 Å². The summed E-state index contributed by atoms with van der Waals surface area (Å²) in [7, 11) is 0. The van der Waals surface area contributed by atoms with Gasteiger partial charge >= 0.3 is 86.6 Å². The van der Waals surface area contributed by atoms with Gasteiger partial charge in [0, 0.05) is 0 Å². The molecule has 0 aliphatic heterocycles. The van der Waals surface area contributed by atoms with Crippen LogP contribution < -0.4 is 0 Å². The molecular formula is C4H9I3Sn. The van der Waals surface area contributed by atoms with Crippen LogP contribution in [0.15, 0.2) is 0 Å². The fourth-order valence-corrected chi connectivity index (χ4v) is 20.8. The predicted octanol–water partition coefficient (Wildman–Crippen LogP) is 3.89. The molecule has 0 aliphatic rings. The molecule has 50 valence electrons. The Kier molecular flexibility index (Phi) is 6.57. The third-order valence-corrected chi connectivity index (χ3v) is 13.2. The molecule has 0 nitrogen and oxygen atoms in total. The molecule has 0 N–H and O–H groups in total. The van der Waals surface area contributed by atoms with Gasteiger partial charge in [-0.15, -0.1) is 0 Å². The molecule has 0 aromatic heterocycles. The average molecular weight is 557 g/mol. The summed E-state index contributed by atoms with van der Waals surface area (Å²) in [4.78, 5) is 0. The first kappa shape index (κ1) is 11.0. The molecule has 0 spiro atoms. The van der Waals surface area contributed by atoms with Gasteiger partial charge in [0.1, 0.15) is 0 Å². The van der Waals surface area contributed by atoms with Crippen LogP contribution in [0.5, 0.6) is 0 Å². The summed E-state index contributed by atoms with van der Waals surface area (Å²) in [6.45, 7) is 3.17. The van der Waals surface area contributed by atoms with Crippen molar-refractivity contribution in [2.24, 2.45) is 5.92 Å². The molecule has 0 unspecified atom stereocenters. The van der Waals surface area contributed by atoms with Crippen molar-refractivity contribution in [1.29, 1.82) is 0 Å². The quantitative estimate of drug-likeness (QED) is 0.358. The third kappa shape index (κ3) is 8.99. The third-order valence-electron chi connectivity index (χ3n) is 0.640. The zero-order chi connectivity index (χ0) is 6.78. The van der Waals surface area contributed by atoms with Gasteiger partial charge in [-0.2, -0.15) is 0 Å². The van der Waals surface area contributed by atoms with Crippen molar-refractivity contribution >= 4 is 62.4 Å².